The normalized spacial score (nSPS) is 17.8. The van der Waals surface area contributed by atoms with Crippen LogP contribution in [-0.4, -0.2) is 38.0 Å². The summed E-state index contributed by atoms with van der Waals surface area (Å²) < 4.78 is 10.8. The van der Waals surface area contributed by atoms with E-state index in [1.165, 1.54) is 25.6 Å². The molecule has 0 bridgehead atoms. The third-order valence-electron chi connectivity index (χ3n) is 5.38. The fourth-order valence-electron chi connectivity index (χ4n) is 3.93. The first-order valence-corrected chi connectivity index (χ1v) is 10.8. The molecule has 2 atom stereocenters. The van der Waals surface area contributed by atoms with E-state index in [1.54, 1.807) is 48.3 Å². The number of methoxy groups -OCH3 is 2. The molecule has 4 rings (SSSR count). The van der Waals surface area contributed by atoms with Crippen molar-refractivity contribution in [2.75, 3.05) is 26.6 Å². The Morgan fingerprint density at radius 3 is 2.48 bits per heavy atom. The quantitative estimate of drug-likeness (QED) is 0.588. The number of nitrogens with zero attached hydrogens (tertiary/aromatic N) is 1. The third kappa shape index (κ3) is 3.86. The maximum Gasteiger partial charge on any atom is 0.254 e. The van der Waals surface area contributed by atoms with Crippen LogP contribution >= 0.6 is 22.9 Å². The van der Waals surface area contributed by atoms with Gasteiger partial charge in [-0.2, -0.15) is 0 Å². The van der Waals surface area contributed by atoms with Crippen molar-refractivity contribution in [3.8, 4) is 11.5 Å². The van der Waals surface area contributed by atoms with Crippen molar-refractivity contribution in [3.63, 3.8) is 0 Å². The summed E-state index contributed by atoms with van der Waals surface area (Å²) in [6, 6.07) is 13.7. The Hall–Kier alpha value is -3.03. The van der Waals surface area contributed by atoms with E-state index in [9.17, 15) is 9.59 Å². The van der Waals surface area contributed by atoms with Crippen molar-refractivity contribution >= 4 is 40.4 Å². The number of hydrogen-bond acceptors (Lipinski definition) is 5. The average molecular weight is 457 g/mol. The SMILES string of the molecule is COc1cc2c(cc1OC)[C@H](C(=O)Nc1cccc(Cl)c1)[C@H](c1cccs1)N(C)C2=O. The van der Waals surface area contributed by atoms with Crippen LogP contribution < -0.4 is 14.8 Å². The number of benzene rings is 2. The second kappa shape index (κ2) is 8.61. The molecule has 1 aliphatic heterocycles. The van der Waals surface area contributed by atoms with Gasteiger partial charge in [-0.15, -0.1) is 11.3 Å². The average Bonchev–Trinajstić information content (AvgIpc) is 3.29. The van der Waals surface area contributed by atoms with E-state index >= 15 is 0 Å². The van der Waals surface area contributed by atoms with E-state index in [0.29, 0.717) is 33.3 Å². The van der Waals surface area contributed by atoms with Crippen molar-refractivity contribution in [1.82, 2.24) is 4.90 Å². The molecule has 0 saturated carbocycles. The highest BCUT2D eigenvalue weighted by Gasteiger charge is 2.44. The van der Waals surface area contributed by atoms with Gasteiger partial charge in [0.25, 0.3) is 5.91 Å². The summed E-state index contributed by atoms with van der Waals surface area (Å²) in [5.74, 6) is -0.180. The van der Waals surface area contributed by atoms with Crippen molar-refractivity contribution in [2.45, 2.75) is 12.0 Å². The van der Waals surface area contributed by atoms with Gasteiger partial charge in [0.1, 0.15) is 0 Å². The van der Waals surface area contributed by atoms with Crippen LogP contribution in [0, 0.1) is 0 Å². The molecule has 3 aromatic rings. The number of fused-ring (bicyclic) bond motifs is 1. The molecule has 1 N–H and O–H groups in total. The molecule has 2 aromatic carbocycles. The molecule has 0 spiro atoms. The summed E-state index contributed by atoms with van der Waals surface area (Å²) in [4.78, 5) is 29.4. The zero-order valence-electron chi connectivity index (χ0n) is 17.2. The van der Waals surface area contributed by atoms with E-state index in [4.69, 9.17) is 21.1 Å². The second-order valence-electron chi connectivity index (χ2n) is 7.15. The molecule has 2 amide bonds. The van der Waals surface area contributed by atoms with Crippen molar-refractivity contribution in [3.05, 3.63) is 74.9 Å². The predicted molar refractivity (Wildman–Crippen MR) is 122 cm³/mol. The van der Waals surface area contributed by atoms with Gasteiger partial charge in [-0.3, -0.25) is 9.59 Å². The lowest BCUT2D eigenvalue weighted by molar-refractivity contribution is -0.119. The minimum atomic E-state index is -0.657. The predicted octanol–water partition coefficient (Wildman–Crippen LogP) is 4.97. The van der Waals surface area contributed by atoms with Gasteiger partial charge in [0.15, 0.2) is 11.5 Å². The summed E-state index contributed by atoms with van der Waals surface area (Å²) in [6.07, 6.45) is 0. The lowest BCUT2D eigenvalue weighted by Crippen LogP contribution is -2.43. The van der Waals surface area contributed by atoms with Gasteiger partial charge < -0.3 is 19.7 Å². The van der Waals surface area contributed by atoms with Gasteiger partial charge in [-0.25, -0.2) is 0 Å². The summed E-state index contributed by atoms with van der Waals surface area (Å²) >= 11 is 7.59. The van der Waals surface area contributed by atoms with Crippen LogP contribution in [0.5, 0.6) is 11.5 Å². The van der Waals surface area contributed by atoms with Gasteiger partial charge in [-0.1, -0.05) is 23.7 Å². The highest BCUT2D eigenvalue weighted by molar-refractivity contribution is 7.10. The molecule has 0 unspecified atom stereocenters. The number of carbonyl (C=O) groups is 2. The number of ether oxygens (including phenoxy) is 2. The van der Waals surface area contributed by atoms with Gasteiger partial charge >= 0.3 is 0 Å². The number of likely N-dealkylation sites (N-methyl/N-ethyl adjacent to an activating group) is 1. The number of carbonyl (C=O) groups excluding carboxylic acids is 2. The molecule has 0 fully saturated rings. The lowest BCUT2D eigenvalue weighted by atomic mass is 9.81. The molecule has 1 aliphatic rings. The first kappa shape index (κ1) is 21.2. The van der Waals surface area contributed by atoms with Crippen molar-refractivity contribution < 1.29 is 19.1 Å². The lowest BCUT2D eigenvalue weighted by Gasteiger charge is -2.39. The van der Waals surface area contributed by atoms with Crippen molar-refractivity contribution in [1.29, 1.82) is 0 Å². The van der Waals surface area contributed by atoms with Crippen LogP contribution in [0.25, 0.3) is 0 Å². The van der Waals surface area contributed by atoms with E-state index in [0.717, 1.165) is 4.88 Å². The minimum absolute atomic E-state index is 0.179. The Kier molecular flexibility index (Phi) is 5.89. The Labute approximate surface area is 189 Å². The first-order valence-electron chi connectivity index (χ1n) is 9.57. The number of amides is 2. The molecular weight excluding hydrogens is 436 g/mol. The Bertz CT molecular complexity index is 1130. The molecular formula is C23H21ClN2O4S. The summed E-state index contributed by atoms with van der Waals surface area (Å²) in [6.45, 7) is 0. The smallest absolute Gasteiger partial charge is 0.254 e. The monoisotopic (exact) mass is 456 g/mol. The third-order valence-corrected chi connectivity index (χ3v) is 6.56. The highest BCUT2D eigenvalue weighted by atomic mass is 35.5. The summed E-state index contributed by atoms with van der Waals surface area (Å²) in [5.41, 5.74) is 1.60. The molecule has 0 radical (unpaired) electrons. The first-order chi connectivity index (χ1) is 14.9. The molecule has 1 aromatic heterocycles. The van der Waals surface area contributed by atoms with Gasteiger partial charge in [0, 0.05) is 28.2 Å². The highest BCUT2D eigenvalue weighted by Crippen LogP contribution is 2.46. The van der Waals surface area contributed by atoms with Crippen LogP contribution in [0.1, 0.15) is 32.8 Å². The molecule has 31 heavy (non-hydrogen) atoms. The Morgan fingerprint density at radius 2 is 1.84 bits per heavy atom. The number of hydrogen-bond donors (Lipinski definition) is 1. The van der Waals surface area contributed by atoms with Gasteiger partial charge in [0.05, 0.1) is 26.2 Å². The topological polar surface area (TPSA) is 67.9 Å². The maximum absolute atomic E-state index is 13.6. The van der Waals surface area contributed by atoms with Crippen LogP contribution in [0.3, 0.4) is 0 Å². The standard InChI is InChI=1S/C23H21ClN2O4S/c1-26-21(19-8-5-9-31-19)20(22(27)25-14-7-4-6-13(24)10-14)15-11-17(29-2)18(30-3)12-16(15)23(26)28/h4-12,20-21H,1-3H3,(H,25,27)/t20-,21-/m0/s1. The van der Waals surface area contributed by atoms with Crippen LogP contribution in [0.2, 0.25) is 5.02 Å². The summed E-state index contributed by atoms with van der Waals surface area (Å²) in [5, 5.41) is 5.42. The summed E-state index contributed by atoms with van der Waals surface area (Å²) in [7, 11) is 4.75. The van der Waals surface area contributed by atoms with Gasteiger partial charge in [-0.05, 0) is 47.3 Å². The van der Waals surface area contributed by atoms with Crippen molar-refractivity contribution in [2.24, 2.45) is 0 Å². The Balaban J connectivity index is 1.86. The van der Waals surface area contributed by atoms with Gasteiger partial charge in [0.2, 0.25) is 5.91 Å². The number of anilines is 1. The number of thiophene rings is 1. The molecule has 6 nitrogen and oxygen atoms in total. The number of halogens is 1. The van der Waals surface area contributed by atoms with E-state index in [2.05, 4.69) is 5.32 Å². The molecule has 160 valence electrons. The minimum Gasteiger partial charge on any atom is -0.493 e. The molecule has 2 heterocycles. The van der Waals surface area contributed by atoms with E-state index < -0.39 is 12.0 Å². The molecule has 0 saturated heterocycles. The zero-order valence-corrected chi connectivity index (χ0v) is 18.8. The van der Waals surface area contributed by atoms with E-state index in [-0.39, 0.29) is 11.8 Å². The zero-order chi connectivity index (χ0) is 22.1. The maximum atomic E-state index is 13.6. The second-order valence-corrected chi connectivity index (χ2v) is 8.56. The molecule has 8 heteroatoms. The number of nitrogens with one attached hydrogen (secondary N) is 1. The molecule has 0 aliphatic carbocycles. The largest absolute Gasteiger partial charge is 0.493 e. The fraction of sp³-hybridized carbons (Fsp3) is 0.217. The van der Waals surface area contributed by atoms with E-state index in [1.807, 2.05) is 17.5 Å². The number of rotatable bonds is 5. The fourth-order valence-corrected chi connectivity index (χ4v) is 5.03. The van der Waals surface area contributed by atoms with Crippen LogP contribution in [0.15, 0.2) is 53.9 Å². The van der Waals surface area contributed by atoms with Crippen LogP contribution in [-0.2, 0) is 4.79 Å². The van der Waals surface area contributed by atoms with Crippen LogP contribution in [0.4, 0.5) is 5.69 Å². The Morgan fingerprint density at radius 1 is 1.10 bits per heavy atom.